The first kappa shape index (κ1) is 15.8. The molecule has 0 radical (unpaired) electrons. The number of rotatable bonds is 3. The second-order valence-corrected chi connectivity index (χ2v) is 6.26. The topological polar surface area (TPSA) is 60.2 Å². The number of methoxy groups -OCH3 is 1. The maximum Gasteiger partial charge on any atom is 0.273 e. The van der Waals surface area contributed by atoms with Crippen LogP contribution in [0.1, 0.15) is 35.0 Å². The van der Waals surface area contributed by atoms with Gasteiger partial charge in [-0.15, -0.1) is 0 Å². The number of imidazole rings is 1. The lowest BCUT2D eigenvalue weighted by molar-refractivity contribution is 0.0627. The van der Waals surface area contributed by atoms with Crippen LogP contribution in [0.5, 0.6) is 0 Å². The van der Waals surface area contributed by atoms with E-state index >= 15 is 0 Å². The fourth-order valence-electron chi connectivity index (χ4n) is 3.43. The van der Waals surface area contributed by atoms with Gasteiger partial charge >= 0.3 is 0 Å². The Balaban J connectivity index is 1.63. The van der Waals surface area contributed by atoms with Crippen LogP contribution in [0.4, 0.5) is 0 Å². The Morgan fingerprint density at radius 3 is 2.92 bits per heavy atom. The number of carbonyl (C=O) groups is 1. The number of pyridine rings is 1. The molecule has 3 aromatic rings. The molecular formula is C19H20N4O2. The first-order valence-corrected chi connectivity index (χ1v) is 8.39. The first-order valence-electron chi connectivity index (χ1n) is 8.39. The Bertz CT molecular complexity index is 934. The van der Waals surface area contributed by atoms with Gasteiger partial charge in [0.25, 0.3) is 5.91 Å². The van der Waals surface area contributed by atoms with Crippen LogP contribution in [0.3, 0.4) is 0 Å². The molecule has 0 saturated carbocycles. The predicted molar refractivity (Wildman–Crippen MR) is 94.1 cm³/mol. The van der Waals surface area contributed by atoms with E-state index < -0.39 is 0 Å². The highest BCUT2D eigenvalue weighted by atomic mass is 16.5. The van der Waals surface area contributed by atoms with Crippen molar-refractivity contribution in [3.63, 3.8) is 0 Å². The lowest BCUT2D eigenvalue weighted by Gasteiger charge is -2.34. The van der Waals surface area contributed by atoms with Crippen molar-refractivity contribution in [3.05, 3.63) is 59.8 Å². The summed E-state index contributed by atoms with van der Waals surface area (Å²) in [6.45, 7) is 3.89. The van der Waals surface area contributed by atoms with Crippen molar-refractivity contribution in [2.45, 2.75) is 26.1 Å². The van der Waals surface area contributed by atoms with E-state index in [1.165, 1.54) is 0 Å². The van der Waals surface area contributed by atoms with Gasteiger partial charge in [0.05, 0.1) is 30.1 Å². The molecule has 6 nitrogen and oxygen atoms in total. The second-order valence-electron chi connectivity index (χ2n) is 6.26. The Kier molecular flexibility index (Phi) is 3.97. The van der Waals surface area contributed by atoms with E-state index in [0.717, 1.165) is 29.0 Å². The molecule has 1 aliphatic rings. The highest BCUT2D eigenvalue weighted by Gasteiger charge is 2.31. The van der Waals surface area contributed by atoms with Gasteiger partial charge in [0.2, 0.25) is 0 Å². The van der Waals surface area contributed by atoms with Crippen molar-refractivity contribution in [1.29, 1.82) is 0 Å². The average molecular weight is 336 g/mol. The van der Waals surface area contributed by atoms with E-state index in [1.54, 1.807) is 13.2 Å². The summed E-state index contributed by atoms with van der Waals surface area (Å²) < 4.78 is 7.37. The SMILES string of the molecule is COCc1cnc2n1CCN(C(=O)c1ccc3ccccc3n1)[C@@H]2C. The molecule has 1 amide bonds. The summed E-state index contributed by atoms with van der Waals surface area (Å²) in [5.74, 6) is 0.841. The van der Waals surface area contributed by atoms with Gasteiger partial charge in [-0.1, -0.05) is 24.3 Å². The summed E-state index contributed by atoms with van der Waals surface area (Å²) in [7, 11) is 1.67. The quantitative estimate of drug-likeness (QED) is 0.738. The van der Waals surface area contributed by atoms with Crippen molar-refractivity contribution >= 4 is 16.8 Å². The van der Waals surface area contributed by atoms with E-state index in [0.29, 0.717) is 18.8 Å². The molecule has 0 saturated heterocycles. The zero-order valence-corrected chi connectivity index (χ0v) is 14.3. The third-order valence-electron chi connectivity index (χ3n) is 4.75. The molecule has 0 aliphatic carbocycles. The van der Waals surface area contributed by atoms with Crippen LogP contribution in [0.25, 0.3) is 10.9 Å². The Labute approximate surface area is 146 Å². The molecule has 1 aliphatic heterocycles. The lowest BCUT2D eigenvalue weighted by atomic mass is 10.1. The molecule has 0 N–H and O–H groups in total. The van der Waals surface area contributed by atoms with E-state index in [9.17, 15) is 4.79 Å². The zero-order chi connectivity index (χ0) is 17.4. The third-order valence-corrected chi connectivity index (χ3v) is 4.75. The van der Waals surface area contributed by atoms with Crippen molar-refractivity contribution in [2.75, 3.05) is 13.7 Å². The molecule has 1 aromatic carbocycles. The summed E-state index contributed by atoms with van der Waals surface area (Å²) in [4.78, 5) is 23.9. The number of ether oxygens (including phenoxy) is 1. The smallest absolute Gasteiger partial charge is 0.273 e. The fraction of sp³-hybridized carbons (Fsp3) is 0.316. The molecule has 0 unspecified atom stereocenters. The molecule has 3 heterocycles. The largest absolute Gasteiger partial charge is 0.378 e. The van der Waals surface area contributed by atoms with Crippen LogP contribution in [0.15, 0.2) is 42.6 Å². The number of hydrogen-bond donors (Lipinski definition) is 0. The summed E-state index contributed by atoms with van der Waals surface area (Å²) in [6.07, 6.45) is 1.83. The number of aromatic nitrogens is 3. The molecule has 25 heavy (non-hydrogen) atoms. The van der Waals surface area contributed by atoms with Gasteiger partial charge in [-0.3, -0.25) is 4.79 Å². The van der Waals surface area contributed by atoms with Crippen LogP contribution in [0.2, 0.25) is 0 Å². The molecule has 4 rings (SSSR count). The van der Waals surface area contributed by atoms with Crippen molar-refractivity contribution in [3.8, 4) is 0 Å². The Morgan fingerprint density at radius 1 is 1.24 bits per heavy atom. The number of carbonyl (C=O) groups excluding carboxylic acids is 1. The summed E-state index contributed by atoms with van der Waals surface area (Å²) >= 11 is 0. The van der Waals surface area contributed by atoms with Gasteiger partial charge in [-0.25, -0.2) is 9.97 Å². The second kappa shape index (κ2) is 6.29. The number of nitrogens with zero attached hydrogens (tertiary/aromatic N) is 4. The molecule has 128 valence electrons. The number of para-hydroxylation sites is 1. The molecule has 0 spiro atoms. The maximum atomic E-state index is 13.0. The Morgan fingerprint density at radius 2 is 2.08 bits per heavy atom. The van der Waals surface area contributed by atoms with Gasteiger partial charge in [0.15, 0.2) is 0 Å². The minimum absolute atomic E-state index is 0.0548. The molecular weight excluding hydrogens is 316 g/mol. The van der Waals surface area contributed by atoms with Crippen LogP contribution in [-0.4, -0.2) is 39.0 Å². The lowest BCUT2D eigenvalue weighted by Crippen LogP contribution is -2.41. The van der Waals surface area contributed by atoms with E-state index in [4.69, 9.17) is 4.74 Å². The monoisotopic (exact) mass is 336 g/mol. The highest BCUT2D eigenvalue weighted by molar-refractivity contribution is 5.95. The average Bonchev–Trinajstić information content (AvgIpc) is 3.05. The Hall–Kier alpha value is -2.73. The van der Waals surface area contributed by atoms with Crippen LogP contribution in [-0.2, 0) is 17.9 Å². The van der Waals surface area contributed by atoms with Crippen LogP contribution >= 0.6 is 0 Å². The van der Waals surface area contributed by atoms with Gasteiger partial charge in [-0.2, -0.15) is 0 Å². The molecule has 0 fully saturated rings. The number of hydrogen-bond acceptors (Lipinski definition) is 4. The van der Waals surface area contributed by atoms with Gasteiger partial charge in [-0.05, 0) is 19.1 Å². The van der Waals surface area contributed by atoms with Gasteiger partial charge < -0.3 is 14.2 Å². The number of amides is 1. The van der Waals surface area contributed by atoms with Crippen molar-refractivity contribution < 1.29 is 9.53 Å². The highest BCUT2D eigenvalue weighted by Crippen LogP contribution is 2.27. The van der Waals surface area contributed by atoms with Crippen LogP contribution in [0, 0.1) is 0 Å². The predicted octanol–water partition coefficient (Wildman–Crippen LogP) is 2.79. The van der Waals surface area contributed by atoms with Gasteiger partial charge in [0, 0.05) is 25.6 Å². The summed E-state index contributed by atoms with van der Waals surface area (Å²) in [6, 6.07) is 11.5. The minimum Gasteiger partial charge on any atom is -0.378 e. The number of benzene rings is 1. The van der Waals surface area contributed by atoms with Gasteiger partial charge in [0.1, 0.15) is 11.5 Å². The normalized spacial score (nSPS) is 16.9. The van der Waals surface area contributed by atoms with Crippen molar-refractivity contribution in [1.82, 2.24) is 19.4 Å². The first-order chi connectivity index (χ1) is 12.2. The molecule has 1 atom stereocenters. The molecule has 0 bridgehead atoms. The zero-order valence-electron chi connectivity index (χ0n) is 14.3. The van der Waals surface area contributed by atoms with E-state index in [1.807, 2.05) is 48.4 Å². The number of fused-ring (bicyclic) bond motifs is 2. The standard InChI is InChI=1S/C19H20N4O2/c1-13-18-20-11-15(12-25-2)23(18)10-9-22(13)19(24)17-8-7-14-5-3-4-6-16(14)21-17/h3-8,11,13H,9-10,12H2,1-2H3/t13-/m1/s1. The van der Waals surface area contributed by atoms with E-state index in [-0.39, 0.29) is 11.9 Å². The maximum absolute atomic E-state index is 13.0. The summed E-state index contributed by atoms with van der Waals surface area (Å²) in [5.41, 5.74) is 2.35. The van der Waals surface area contributed by atoms with Crippen LogP contribution < -0.4 is 0 Å². The van der Waals surface area contributed by atoms with Crippen molar-refractivity contribution in [2.24, 2.45) is 0 Å². The molecule has 2 aromatic heterocycles. The van der Waals surface area contributed by atoms with E-state index in [2.05, 4.69) is 14.5 Å². The molecule has 6 heteroatoms. The third kappa shape index (κ3) is 2.68. The minimum atomic E-state index is -0.0971. The fourth-order valence-corrected chi connectivity index (χ4v) is 3.43. The summed E-state index contributed by atoms with van der Waals surface area (Å²) in [5, 5.41) is 1.03.